The molecule has 38 heavy (non-hydrogen) atoms. The monoisotopic (exact) mass is 536 g/mol. The van der Waals surface area contributed by atoms with Crippen molar-refractivity contribution >= 4 is 12.0 Å². The molecule has 0 unspecified atom stereocenters. The van der Waals surface area contributed by atoms with Crippen LogP contribution in [-0.4, -0.2) is 66.9 Å². The van der Waals surface area contributed by atoms with Crippen LogP contribution in [0.4, 0.5) is 18.0 Å². The second-order valence-electron chi connectivity index (χ2n) is 9.46. The number of urea groups is 1. The lowest BCUT2D eigenvalue weighted by Crippen LogP contribution is -2.42. The Morgan fingerprint density at radius 3 is 2.21 bits per heavy atom. The number of carbonyl (C=O) groups is 2. The van der Waals surface area contributed by atoms with Crippen molar-refractivity contribution in [2.24, 2.45) is 0 Å². The molecule has 0 aliphatic carbocycles. The molecule has 2 aromatic carbocycles. The molecule has 1 fully saturated rings. The minimum Gasteiger partial charge on any atom is -0.494 e. The molecule has 2 amide bonds. The average Bonchev–Trinajstić information content (AvgIpc) is 3.13. The Morgan fingerprint density at radius 2 is 1.63 bits per heavy atom. The number of hydrogen-bond donors (Lipinski definition) is 0. The Balaban J connectivity index is 1.50. The van der Waals surface area contributed by atoms with E-state index in [0.29, 0.717) is 43.9 Å². The molecule has 0 radical (unpaired) electrons. The normalized spacial score (nSPS) is 17.4. The van der Waals surface area contributed by atoms with E-state index >= 15 is 0 Å². The van der Waals surface area contributed by atoms with Crippen molar-refractivity contribution in [3.05, 3.63) is 65.2 Å². The molecule has 1 saturated heterocycles. The van der Waals surface area contributed by atoms with Gasteiger partial charge >= 0.3 is 18.2 Å². The van der Waals surface area contributed by atoms with E-state index in [4.69, 9.17) is 14.2 Å². The Kier molecular flexibility index (Phi) is 9.65. The van der Waals surface area contributed by atoms with Crippen LogP contribution in [0.1, 0.15) is 43.9 Å². The molecule has 7 nitrogen and oxygen atoms in total. The molecule has 3 rings (SSSR count). The Bertz CT molecular complexity index is 1080. The first-order valence-corrected chi connectivity index (χ1v) is 12.7. The minimum atomic E-state index is -4.39. The van der Waals surface area contributed by atoms with E-state index in [-0.39, 0.29) is 25.2 Å². The predicted molar refractivity (Wildman–Crippen MR) is 136 cm³/mol. The zero-order valence-corrected chi connectivity index (χ0v) is 22.2. The highest BCUT2D eigenvalue weighted by molar-refractivity contribution is 5.79. The van der Waals surface area contributed by atoms with Crippen molar-refractivity contribution in [2.75, 3.05) is 33.4 Å². The summed E-state index contributed by atoms with van der Waals surface area (Å²) in [4.78, 5) is 28.3. The van der Waals surface area contributed by atoms with Gasteiger partial charge in [-0.2, -0.15) is 13.2 Å². The van der Waals surface area contributed by atoms with E-state index in [1.807, 2.05) is 31.2 Å². The highest BCUT2D eigenvalue weighted by Crippen LogP contribution is 2.30. The van der Waals surface area contributed by atoms with Crippen LogP contribution in [0.25, 0.3) is 0 Å². The van der Waals surface area contributed by atoms with Gasteiger partial charge in [0, 0.05) is 39.6 Å². The number of nitrogens with zero attached hydrogens (tertiary/aromatic N) is 2. The fraction of sp³-hybridized carbons (Fsp3) is 0.500. The van der Waals surface area contributed by atoms with E-state index < -0.39 is 23.3 Å². The number of amides is 2. The number of esters is 1. The highest BCUT2D eigenvalue weighted by atomic mass is 19.4. The van der Waals surface area contributed by atoms with Crippen LogP contribution in [0.2, 0.25) is 0 Å². The van der Waals surface area contributed by atoms with Gasteiger partial charge in [0.1, 0.15) is 5.75 Å². The van der Waals surface area contributed by atoms with Crippen molar-refractivity contribution in [3.63, 3.8) is 0 Å². The Labute approximate surface area is 221 Å². The predicted octanol–water partition coefficient (Wildman–Crippen LogP) is 5.31. The fourth-order valence-electron chi connectivity index (χ4n) is 4.46. The largest absolute Gasteiger partial charge is 0.494 e. The molecule has 1 aliphatic rings. The average molecular weight is 537 g/mol. The fourth-order valence-corrected chi connectivity index (χ4v) is 4.46. The summed E-state index contributed by atoms with van der Waals surface area (Å²) in [6.07, 6.45) is -3.43. The van der Waals surface area contributed by atoms with Crippen LogP contribution >= 0.6 is 0 Å². The minimum absolute atomic E-state index is 0.0762. The standard InChI is InChI=1S/C28H35F3N2O5/c1-5-36-25(34)27(3,38-6-2)17-20-9-13-24(14-10-20)37-16-15-23-19-33(26(35)32(23)4)18-21-7-11-22(12-8-21)28(29,30)31/h7-14,23H,5-6,15-19H2,1-4H3/t23-,27-/m0/s1. The van der Waals surface area contributed by atoms with E-state index in [1.54, 1.807) is 30.7 Å². The number of alkyl halides is 3. The second-order valence-corrected chi connectivity index (χ2v) is 9.46. The zero-order valence-electron chi connectivity index (χ0n) is 22.2. The molecule has 2 aromatic rings. The summed E-state index contributed by atoms with van der Waals surface area (Å²) < 4.78 is 55.1. The van der Waals surface area contributed by atoms with Gasteiger partial charge in [0.15, 0.2) is 5.60 Å². The second kappa shape index (κ2) is 12.5. The summed E-state index contributed by atoms with van der Waals surface area (Å²) in [6, 6.07) is 12.0. The molecule has 10 heteroatoms. The maximum Gasteiger partial charge on any atom is 0.416 e. The van der Waals surface area contributed by atoms with Gasteiger partial charge in [0.25, 0.3) is 0 Å². The third-order valence-corrected chi connectivity index (χ3v) is 6.56. The SMILES string of the molecule is CCOC(=O)[C@](C)(Cc1ccc(OCC[C@H]2CN(Cc3ccc(C(F)(F)F)cc3)C(=O)N2C)cc1)OCC. The lowest BCUT2D eigenvalue weighted by Gasteiger charge is -2.27. The smallest absolute Gasteiger partial charge is 0.416 e. The maximum atomic E-state index is 12.8. The molecule has 1 aliphatic heterocycles. The third kappa shape index (κ3) is 7.40. The van der Waals surface area contributed by atoms with Gasteiger partial charge in [-0.05, 0) is 56.2 Å². The summed E-state index contributed by atoms with van der Waals surface area (Å²) in [6.45, 7) is 7.06. The van der Waals surface area contributed by atoms with Gasteiger partial charge in [-0.25, -0.2) is 9.59 Å². The zero-order chi connectivity index (χ0) is 27.9. The quantitative estimate of drug-likeness (QED) is 0.344. The summed E-state index contributed by atoms with van der Waals surface area (Å²) >= 11 is 0. The summed E-state index contributed by atoms with van der Waals surface area (Å²) in [7, 11) is 1.72. The summed E-state index contributed by atoms with van der Waals surface area (Å²) in [5.74, 6) is 0.265. The molecule has 0 N–H and O–H groups in total. The number of ether oxygens (including phenoxy) is 3. The van der Waals surface area contributed by atoms with Crippen LogP contribution in [0.15, 0.2) is 48.5 Å². The summed E-state index contributed by atoms with van der Waals surface area (Å²) in [5.41, 5.74) is -0.239. The van der Waals surface area contributed by atoms with E-state index in [9.17, 15) is 22.8 Å². The molecule has 2 atom stereocenters. The number of benzene rings is 2. The topological polar surface area (TPSA) is 68.3 Å². The van der Waals surface area contributed by atoms with Crippen LogP contribution < -0.4 is 4.74 Å². The molecular formula is C28H35F3N2O5. The van der Waals surface area contributed by atoms with Crippen molar-refractivity contribution in [1.29, 1.82) is 0 Å². The molecule has 1 heterocycles. The van der Waals surface area contributed by atoms with Gasteiger partial charge in [0.2, 0.25) is 0 Å². The first kappa shape index (κ1) is 29.3. The molecular weight excluding hydrogens is 501 g/mol. The summed E-state index contributed by atoms with van der Waals surface area (Å²) in [5, 5.41) is 0. The van der Waals surface area contributed by atoms with Crippen LogP contribution in [0, 0.1) is 0 Å². The van der Waals surface area contributed by atoms with Crippen LogP contribution in [0.5, 0.6) is 5.75 Å². The number of likely N-dealkylation sites (N-methyl/N-ethyl adjacent to an activating group) is 1. The van der Waals surface area contributed by atoms with Crippen molar-refractivity contribution in [3.8, 4) is 5.75 Å². The van der Waals surface area contributed by atoms with Crippen molar-refractivity contribution in [2.45, 2.75) is 58.0 Å². The Morgan fingerprint density at radius 1 is 1.00 bits per heavy atom. The molecule has 0 saturated carbocycles. The molecule has 0 aromatic heterocycles. The van der Waals surface area contributed by atoms with Crippen molar-refractivity contribution in [1.82, 2.24) is 9.80 Å². The van der Waals surface area contributed by atoms with Gasteiger partial charge in [-0.3, -0.25) is 0 Å². The number of halogens is 3. The number of rotatable bonds is 12. The van der Waals surface area contributed by atoms with E-state index in [0.717, 1.165) is 17.7 Å². The Hall–Kier alpha value is -3.27. The first-order valence-electron chi connectivity index (χ1n) is 12.7. The van der Waals surface area contributed by atoms with Crippen LogP contribution in [0.3, 0.4) is 0 Å². The van der Waals surface area contributed by atoms with Gasteiger partial charge < -0.3 is 24.0 Å². The maximum absolute atomic E-state index is 12.8. The van der Waals surface area contributed by atoms with Gasteiger partial charge in [-0.1, -0.05) is 24.3 Å². The lowest BCUT2D eigenvalue weighted by atomic mass is 9.96. The van der Waals surface area contributed by atoms with Gasteiger partial charge in [0.05, 0.1) is 24.8 Å². The van der Waals surface area contributed by atoms with E-state index in [1.165, 1.54) is 12.1 Å². The van der Waals surface area contributed by atoms with Crippen molar-refractivity contribution < 1.29 is 37.0 Å². The van der Waals surface area contributed by atoms with E-state index in [2.05, 4.69) is 0 Å². The van der Waals surface area contributed by atoms with Gasteiger partial charge in [-0.15, -0.1) is 0 Å². The third-order valence-electron chi connectivity index (χ3n) is 6.56. The molecule has 0 bridgehead atoms. The number of hydrogen-bond acceptors (Lipinski definition) is 5. The number of carbonyl (C=O) groups excluding carboxylic acids is 2. The highest BCUT2D eigenvalue weighted by Gasteiger charge is 2.36. The first-order chi connectivity index (χ1) is 18.0. The molecule has 0 spiro atoms. The molecule has 208 valence electrons. The van der Waals surface area contributed by atoms with Crippen LogP contribution in [-0.2, 0) is 33.4 Å². The lowest BCUT2D eigenvalue weighted by molar-refractivity contribution is -0.169.